The molecule has 0 saturated heterocycles. The molecule has 12 heteroatoms. The lowest BCUT2D eigenvalue weighted by Crippen LogP contribution is -2.55. The second kappa shape index (κ2) is 15.8. The number of benzene rings is 8. The number of hydrogen-bond acceptors (Lipinski definition) is 6. The van der Waals surface area contributed by atoms with Crippen LogP contribution in [-0.2, 0) is 0 Å². The van der Waals surface area contributed by atoms with Gasteiger partial charge in [0.15, 0.2) is 34.9 Å². The van der Waals surface area contributed by atoms with Crippen molar-refractivity contribution in [2.24, 2.45) is 0 Å². The van der Waals surface area contributed by atoms with Crippen LogP contribution in [0.1, 0.15) is 0 Å². The van der Waals surface area contributed by atoms with E-state index in [9.17, 15) is 0 Å². The topological polar surface area (TPSA) is 82.3 Å². The molecule has 0 spiro atoms. The first-order valence-electron chi connectivity index (χ1n) is 21.6. The van der Waals surface area contributed by atoms with Gasteiger partial charge in [-0.3, -0.25) is 0 Å². The van der Waals surface area contributed by atoms with Crippen molar-refractivity contribution < 1.29 is 0 Å². The predicted octanol–water partition coefficient (Wildman–Crippen LogP) is 3.60. The van der Waals surface area contributed by atoms with E-state index >= 15 is 0 Å². The Morgan fingerprint density at radius 3 is 1.33 bits per heavy atom. The zero-order chi connectivity index (χ0) is 43.5. The molecule has 8 aromatic carbocycles. The number of rotatable bonds is 7. The molecule has 0 saturated carbocycles. The lowest BCUT2D eigenvalue weighted by molar-refractivity contribution is 1.06. The van der Waals surface area contributed by atoms with Crippen molar-refractivity contribution in [2.45, 2.75) is 0 Å². The van der Waals surface area contributed by atoms with Crippen LogP contribution in [0, 0.1) is 0 Å². The van der Waals surface area contributed by atoms with Gasteiger partial charge in [-0.1, -0.05) is 144 Å². The Kier molecular flexibility index (Phi) is 9.65. The van der Waals surface area contributed by atoms with E-state index in [-0.39, 0.29) is 0 Å². The Morgan fingerprint density at radius 1 is 0.312 bits per heavy atom. The van der Waals surface area contributed by atoms with Crippen molar-refractivity contribution in [1.82, 2.24) is 34.5 Å². The first-order chi connectivity index (χ1) is 31.3. The molecule has 0 aliphatic carbocycles. The molecule has 0 unspecified atom stereocenters. The molecule has 64 heavy (non-hydrogen) atoms. The van der Waals surface area contributed by atoms with Crippen LogP contribution in [0.15, 0.2) is 170 Å². The van der Waals surface area contributed by atoms with Crippen molar-refractivity contribution in [3.63, 3.8) is 0 Å². The molecular weight excluding hydrogens is 777 g/mol. The second-order valence-corrected chi connectivity index (χ2v) is 16.5. The van der Waals surface area contributed by atoms with Crippen LogP contribution in [0.3, 0.4) is 0 Å². The lowest BCUT2D eigenvalue weighted by Gasteiger charge is -2.20. The summed E-state index contributed by atoms with van der Waals surface area (Å²) in [7, 11) is 10.9. The van der Waals surface area contributed by atoms with Gasteiger partial charge in [0.25, 0.3) is 0 Å². The van der Waals surface area contributed by atoms with Gasteiger partial charge < -0.3 is 4.57 Å². The van der Waals surface area contributed by atoms with Crippen LogP contribution in [0.2, 0.25) is 0 Å². The van der Waals surface area contributed by atoms with Crippen LogP contribution < -0.4 is 27.3 Å². The van der Waals surface area contributed by atoms with Crippen LogP contribution >= 0.6 is 0 Å². The van der Waals surface area contributed by atoms with Crippen LogP contribution in [0.25, 0.3) is 107 Å². The van der Waals surface area contributed by atoms with Crippen LogP contribution in [0.4, 0.5) is 0 Å². The molecule has 0 aliphatic rings. The van der Waals surface area contributed by atoms with Crippen molar-refractivity contribution >= 4 is 99.1 Å². The van der Waals surface area contributed by atoms with Crippen LogP contribution in [-0.4, -0.2) is 73.7 Å². The quantitative estimate of drug-likeness (QED) is 0.229. The van der Waals surface area contributed by atoms with Gasteiger partial charge in [-0.15, -0.1) is 16.4 Å². The third-order valence-electron chi connectivity index (χ3n) is 12.9. The molecule has 0 radical (unpaired) electrons. The highest BCUT2D eigenvalue weighted by Gasteiger charge is 2.24. The van der Waals surface area contributed by atoms with Gasteiger partial charge in [-0.25, -0.2) is 29.9 Å². The Balaban J connectivity index is 1.24. The smallest absolute Gasteiger partial charge is 0.166 e. The van der Waals surface area contributed by atoms with Gasteiger partial charge >= 0.3 is 0 Å². The van der Waals surface area contributed by atoms with E-state index in [4.69, 9.17) is 29.9 Å². The molecule has 11 rings (SSSR count). The van der Waals surface area contributed by atoms with E-state index in [2.05, 4.69) is 135 Å². The van der Waals surface area contributed by atoms with Crippen molar-refractivity contribution in [2.75, 3.05) is 0 Å². The highest BCUT2D eigenvalue weighted by molar-refractivity contribution is 6.68. The summed E-state index contributed by atoms with van der Waals surface area (Å²) in [5.74, 6) is 3.50. The third kappa shape index (κ3) is 6.70. The Labute approximate surface area is 375 Å². The summed E-state index contributed by atoms with van der Waals surface area (Å²) in [6.45, 7) is 0. The largest absolute Gasteiger partial charge is 0.308 e. The number of para-hydroxylation sites is 1. The minimum absolute atomic E-state index is 0.544. The van der Waals surface area contributed by atoms with E-state index in [1.165, 1.54) is 27.2 Å². The fourth-order valence-electron chi connectivity index (χ4n) is 9.06. The summed E-state index contributed by atoms with van der Waals surface area (Å²) >= 11 is 0. The number of hydrogen-bond donors (Lipinski definition) is 0. The predicted molar refractivity (Wildman–Crippen MR) is 279 cm³/mol. The number of fused-ring (bicyclic) bond motifs is 4. The number of aromatic nitrogens is 7. The minimum Gasteiger partial charge on any atom is -0.308 e. The van der Waals surface area contributed by atoms with Crippen molar-refractivity contribution in [3.8, 4) is 74.0 Å². The number of nitrogens with zero attached hydrogens (tertiary/aromatic N) is 7. The van der Waals surface area contributed by atoms with Gasteiger partial charge in [0.05, 0.1) is 16.7 Å². The summed E-state index contributed by atoms with van der Waals surface area (Å²) in [6.07, 6.45) is 0. The molecule has 0 fully saturated rings. The van der Waals surface area contributed by atoms with E-state index in [0.717, 1.165) is 71.8 Å². The van der Waals surface area contributed by atoms with Gasteiger partial charge in [-0.2, -0.15) is 0 Å². The minimum atomic E-state index is 0.544. The first-order valence-corrected chi connectivity index (χ1v) is 21.6. The maximum atomic E-state index is 5.49. The fourth-order valence-corrected chi connectivity index (χ4v) is 9.06. The Hall–Kier alpha value is -7.84. The lowest BCUT2D eigenvalue weighted by atomic mass is 9.60. The van der Waals surface area contributed by atoms with Gasteiger partial charge in [-0.05, 0) is 47.2 Å². The van der Waals surface area contributed by atoms with Crippen molar-refractivity contribution in [1.29, 1.82) is 0 Å². The zero-order valence-corrected chi connectivity index (χ0v) is 36.3. The molecule has 296 valence electrons. The molecule has 11 aromatic rings. The molecule has 7 nitrogen and oxygen atoms in total. The van der Waals surface area contributed by atoms with Gasteiger partial charge in [0, 0.05) is 44.2 Å². The zero-order valence-electron chi connectivity index (χ0n) is 36.3. The SMILES string of the molecule is Bc1c(B)c(B)c(-c2nc(-c3ccccc3)nc(-c3cc(-c4nc(-c5ccccc5)nc(-c5ccccc5)n4)ccc3-n3c4ccccc4c4cc5ccccc5cc43)n2)c(B)c1B. The Bertz CT molecular complexity index is 3530. The molecule has 0 aliphatic heterocycles. The van der Waals surface area contributed by atoms with Gasteiger partial charge in [0.1, 0.15) is 39.2 Å². The standard InChI is InChI=1S/C52H38B5N7/c53-42-41(43(54)45(56)46(57)44(42)55)52-62-49(31-18-8-3-9-19-31)61-51(63-52)37-27-34(50-59-47(29-14-4-1-5-15-29)58-48(60-50)30-16-6-2-7-17-30)24-25-39(37)64-38-23-13-12-22-35(38)36-26-32-20-10-11-21-33(32)28-40(36)64/h1-28H,53-57H2. The summed E-state index contributed by atoms with van der Waals surface area (Å²) in [6, 6.07) is 58.6. The molecule has 3 heterocycles. The molecule has 0 amide bonds. The van der Waals surface area contributed by atoms with E-state index < -0.39 is 0 Å². The molecule has 3 aromatic heterocycles. The summed E-state index contributed by atoms with van der Waals surface area (Å²) in [5.41, 5.74) is 14.5. The summed E-state index contributed by atoms with van der Waals surface area (Å²) in [4.78, 5) is 31.5. The average Bonchev–Trinajstić information content (AvgIpc) is 3.67. The maximum Gasteiger partial charge on any atom is 0.166 e. The summed E-state index contributed by atoms with van der Waals surface area (Å²) in [5, 5.41) is 4.68. The highest BCUT2D eigenvalue weighted by atomic mass is 15.1. The highest BCUT2D eigenvalue weighted by Crippen LogP contribution is 2.39. The van der Waals surface area contributed by atoms with Crippen molar-refractivity contribution in [3.05, 3.63) is 170 Å². The molecule has 0 bridgehead atoms. The van der Waals surface area contributed by atoms with E-state index in [1.807, 2.05) is 78.9 Å². The Morgan fingerprint density at radius 2 is 0.750 bits per heavy atom. The first kappa shape index (κ1) is 39.0. The monoisotopic (exact) mass is 815 g/mol. The third-order valence-corrected chi connectivity index (χ3v) is 12.9. The second-order valence-electron chi connectivity index (χ2n) is 16.5. The summed E-state index contributed by atoms with van der Waals surface area (Å²) < 4.78 is 2.36. The normalized spacial score (nSPS) is 11.4. The molecule has 0 atom stereocenters. The molecule has 0 N–H and O–H groups in total. The van der Waals surface area contributed by atoms with Gasteiger partial charge in [0.2, 0.25) is 0 Å². The molecular formula is C52H38B5N7. The van der Waals surface area contributed by atoms with Crippen LogP contribution in [0.5, 0.6) is 0 Å². The van der Waals surface area contributed by atoms with E-state index in [1.54, 1.807) is 0 Å². The van der Waals surface area contributed by atoms with E-state index in [0.29, 0.717) is 34.9 Å². The maximum absolute atomic E-state index is 5.49. The average molecular weight is 815 g/mol. The fraction of sp³-hybridized carbons (Fsp3) is 0.